The van der Waals surface area contributed by atoms with E-state index in [1.807, 2.05) is 0 Å². The minimum Gasteiger partial charge on any atom is -0.481 e. The molecule has 1 unspecified atom stereocenters. The molecular formula is C12H15NO4. The zero-order chi connectivity index (χ0) is 13.2. The van der Waals surface area contributed by atoms with Gasteiger partial charge < -0.3 is 5.11 Å². The molecule has 0 radical (unpaired) electrons. The summed E-state index contributed by atoms with van der Waals surface area (Å²) in [6.07, 6.45) is 0. The van der Waals surface area contributed by atoms with Crippen LogP contribution < -0.4 is 0 Å². The van der Waals surface area contributed by atoms with E-state index in [4.69, 9.17) is 0 Å². The normalized spacial score (nSPS) is 12.5. The quantitative estimate of drug-likeness (QED) is 0.644. The minimum atomic E-state index is -1.03. The summed E-state index contributed by atoms with van der Waals surface area (Å²) in [5, 5.41) is 20.1. The number of hydrogen-bond acceptors (Lipinski definition) is 3. The Hall–Kier alpha value is -1.91. The molecule has 5 nitrogen and oxygen atoms in total. The molecule has 0 aliphatic heterocycles. The predicted octanol–water partition coefficient (Wildman–Crippen LogP) is 2.73. The van der Waals surface area contributed by atoms with Crippen LogP contribution in [0, 0.1) is 23.0 Å². The molecule has 0 heterocycles. The Morgan fingerprint density at radius 2 is 2.00 bits per heavy atom. The molecule has 1 atom stereocenters. The summed E-state index contributed by atoms with van der Waals surface area (Å²) < 4.78 is 0. The standard InChI is InChI=1S/C12H15NO4/c1-7(2)11(12(14)15)9-6-8(3)4-5-10(9)13(16)17/h4-7,11H,1-3H3,(H,14,15). The Morgan fingerprint density at radius 3 is 2.41 bits per heavy atom. The highest BCUT2D eigenvalue weighted by molar-refractivity contribution is 5.78. The molecule has 17 heavy (non-hydrogen) atoms. The van der Waals surface area contributed by atoms with Crippen LogP contribution in [0.5, 0.6) is 0 Å². The fourth-order valence-electron chi connectivity index (χ4n) is 1.87. The van der Waals surface area contributed by atoms with Gasteiger partial charge in [-0.05, 0) is 18.9 Å². The van der Waals surface area contributed by atoms with Crippen LogP contribution in [0.15, 0.2) is 18.2 Å². The number of aliphatic carboxylic acids is 1. The van der Waals surface area contributed by atoms with E-state index in [2.05, 4.69) is 0 Å². The third-order valence-corrected chi connectivity index (χ3v) is 2.65. The van der Waals surface area contributed by atoms with E-state index < -0.39 is 16.8 Å². The Labute approximate surface area is 99.2 Å². The zero-order valence-electron chi connectivity index (χ0n) is 10.0. The van der Waals surface area contributed by atoms with E-state index in [1.165, 1.54) is 6.07 Å². The summed E-state index contributed by atoms with van der Waals surface area (Å²) in [6.45, 7) is 5.27. The molecule has 0 saturated carbocycles. The third-order valence-electron chi connectivity index (χ3n) is 2.65. The Balaban J connectivity index is 3.40. The number of carbonyl (C=O) groups is 1. The molecule has 1 rings (SSSR count). The maximum atomic E-state index is 11.2. The van der Waals surface area contributed by atoms with E-state index in [0.29, 0.717) is 0 Å². The van der Waals surface area contributed by atoms with Crippen LogP contribution in [0.25, 0.3) is 0 Å². The molecule has 0 spiro atoms. The van der Waals surface area contributed by atoms with Gasteiger partial charge >= 0.3 is 5.97 Å². The van der Waals surface area contributed by atoms with Crippen LogP contribution in [-0.2, 0) is 4.79 Å². The SMILES string of the molecule is Cc1ccc([N+](=O)[O-])c(C(C(=O)O)C(C)C)c1. The van der Waals surface area contributed by atoms with E-state index in [0.717, 1.165) is 5.56 Å². The van der Waals surface area contributed by atoms with Crippen molar-refractivity contribution < 1.29 is 14.8 Å². The average molecular weight is 237 g/mol. The number of rotatable bonds is 4. The number of nitrogens with zero attached hydrogens (tertiary/aromatic N) is 1. The molecule has 5 heteroatoms. The van der Waals surface area contributed by atoms with E-state index in [1.54, 1.807) is 32.9 Å². The summed E-state index contributed by atoms with van der Waals surface area (Å²) >= 11 is 0. The Morgan fingerprint density at radius 1 is 1.41 bits per heavy atom. The van der Waals surface area contributed by atoms with Crippen LogP contribution in [0.1, 0.15) is 30.9 Å². The van der Waals surface area contributed by atoms with Crippen molar-refractivity contribution >= 4 is 11.7 Å². The fourth-order valence-corrected chi connectivity index (χ4v) is 1.87. The lowest BCUT2D eigenvalue weighted by molar-refractivity contribution is -0.385. The van der Waals surface area contributed by atoms with Gasteiger partial charge in [0, 0.05) is 11.6 Å². The summed E-state index contributed by atoms with van der Waals surface area (Å²) in [5.74, 6) is -2.09. The average Bonchev–Trinajstić information content (AvgIpc) is 2.15. The molecular weight excluding hydrogens is 222 g/mol. The highest BCUT2D eigenvalue weighted by atomic mass is 16.6. The van der Waals surface area contributed by atoms with Gasteiger partial charge in [0.1, 0.15) is 0 Å². The smallest absolute Gasteiger partial charge is 0.311 e. The molecule has 0 aromatic heterocycles. The van der Waals surface area contributed by atoms with Crippen molar-refractivity contribution in [1.82, 2.24) is 0 Å². The summed E-state index contributed by atoms with van der Waals surface area (Å²) in [4.78, 5) is 21.6. The third kappa shape index (κ3) is 2.81. The predicted molar refractivity (Wildman–Crippen MR) is 63.0 cm³/mol. The lowest BCUT2D eigenvalue weighted by Crippen LogP contribution is -2.18. The lowest BCUT2D eigenvalue weighted by Gasteiger charge is -2.17. The first-order valence-electron chi connectivity index (χ1n) is 5.32. The van der Waals surface area contributed by atoms with E-state index in [9.17, 15) is 20.0 Å². The van der Waals surface area contributed by atoms with Crippen LogP contribution in [0.2, 0.25) is 0 Å². The van der Waals surface area contributed by atoms with Crippen molar-refractivity contribution in [2.75, 3.05) is 0 Å². The van der Waals surface area contributed by atoms with Gasteiger partial charge in [-0.15, -0.1) is 0 Å². The second kappa shape index (κ2) is 4.95. The minimum absolute atomic E-state index is 0.128. The molecule has 0 aliphatic rings. The molecule has 1 aromatic rings. The molecule has 1 aromatic carbocycles. The number of nitro benzene ring substituents is 1. The van der Waals surface area contributed by atoms with Crippen LogP contribution in [0.3, 0.4) is 0 Å². The topological polar surface area (TPSA) is 80.4 Å². The maximum Gasteiger partial charge on any atom is 0.311 e. The lowest BCUT2D eigenvalue weighted by atomic mass is 9.87. The number of carboxylic acids is 1. The van der Waals surface area contributed by atoms with Crippen LogP contribution >= 0.6 is 0 Å². The number of aryl methyl sites for hydroxylation is 1. The largest absolute Gasteiger partial charge is 0.481 e. The first-order chi connectivity index (χ1) is 7.84. The zero-order valence-corrected chi connectivity index (χ0v) is 10.0. The van der Waals surface area contributed by atoms with Gasteiger partial charge in [-0.2, -0.15) is 0 Å². The molecule has 0 amide bonds. The van der Waals surface area contributed by atoms with Gasteiger partial charge in [-0.3, -0.25) is 14.9 Å². The van der Waals surface area contributed by atoms with Crippen LogP contribution in [-0.4, -0.2) is 16.0 Å². The van der Waals surface area contributed by atoms with Crippen molar-refractivity contribution in [2.24, 2.45) is 5.92 Å². The summed E-state index contributed by atoms with van der Waals surface area (Å²) in [5.41, 5.74) is 0.965. The molecule has 0 fully saturated rings. The molecule has 0 aliphatic carbocycles. The van der Waals surface area contributed by atoms with E-state index >= 15 is 0 Å². The van der Waals surface area contributed by atoms with Gasteiger partial charge in [0.05, 0.1) is 10.8 Å². The van der Waals surface area contributed by atoms with Crippen molar-refractivity contribution in [2.45, 2.75) is 26.7 Å². The van der Waals surface area contributed by atoms with Crippen molar-refractivity contribution in [3.63, 3.8) is 0 Å². The van der Waals surface area contributed by atoms with Crippen molar-refractivity contribution in [3.05, 3.63) is 39.4 Å². The van der Waals surface area contributed by atoms with Crippen molar-refractivity contribution in [1.29, 1.82) is 0 Å². The summed E-state index contributed by atoms with van der Waals surface area (Å²) in [6, 6.07) is 4.56. The highest BCUT2D eigenvalue weighted by Crippen LogP contribution is 2.32. The van der Waals surface area contributed by atoms with Gasteiger partial charge in [-0.25, -0.2) is 0 Å². The first kappa shape index (κ1) is 13.2. The van der Waals surface area contributed by atoms with Crippen LogP contribution in [0.4, 0.5) is 5.69 Å². The maximum absolute atomic E-state index is 11.2. The highest BCUT2D eigenvalue weighted by Gasteiger charge is 2.30. The molecule has 0 saturated heterocycles. The number of carboxylic acid groups (broad SMARTS) is 1. The first-order valence-corrected chi connectivity index (χ1v) is 5.32. The molecule has 0 bridgehead atoms. The number of benzene rings is 1. The Bertz CT molecular complexity index is 454. The van der Waals surface area contributed by atoms with Crippen molar-refractivity contribution in [3.8, 4) is 0 Å². The fraction of sp³-hybridized carbons (Fsp3) is 0.417. The molecule has 1 N–H and O–H groups in total. The molecule has 92 valence electrons. The second-order valence-corrected chi connectivity index (χ2v) is 4.38. The number of nitro groups is 1. The summed E-state index contributed by atoms with van der Waals surface area (Å²) in [7, 11) is 0. The van der Waals surface area contributed by atoms with Gasteiger partial charge in [0.25, 0.3) is 5.69 Å². The number of hydrogen-bond donors (Lipinski definition) is 1. The Kier molecular flexibility index (Phi) is 3.83. The van der Waals surface area contributed by atoms with Gasteiger partial charge in [0.15, 0.2) is 0 Å². The van der Waals surface area contributed by atoms with Gasteiger partial charge in [0.2, 0.25) is 0 Å². The monoisotopic (exact) mass is 237 g/mol. The van der Waals surface area contributed by atoms with E-state index in [-0.39, 0.29) is 17.2 Å². The van der Waals surface area contributed by atoms with Gasteiger partial charge in [-0.1, -0.05) is 25.5 Å². The second-order valence-electron chi connectivity index (χ2n) is 4.38.